The SMILES string of the molecule is CNCc1cnc(-c2ccc(OC)c(F)c2)[nH]1. The summed E-state index contributed by atoms with van der Waals surface area (Å²) in [6, 6.07) is 4.76. The molecule has 90 valence electrons. The van der Waals surface area contributed by atoms with Crippen molar-refractivity contribution in [2.24, 2.45) is 0 Å². The molecule has 2 aromatic rings. The summed E-state index contributed by atoms with van der Waals surface area (Å²) in [5.41, 5.74) is 1.66. The van der Waals surface area contributed by atoms with Crippen molar-refractivity contribution in [1.29, 1.82) is 0 Å². The van der Waals surface area contributed by atoms with E-state index >= 15 is 0 Å². The van der Waals surface area contributed by atoms with Crippen molar-refractivity contribution in [3.63, 3.8) is 0 Å². The maximum absolute atomic E-state index is 13.5. The van der Waals surface area contributed by atoms with E-state index in [1.165, 1.54) is 13.2 Å². The monoisotopic (exact) mass is 235 g/mol. The summed E-state index contributed by atoms with van der Waals surface area (Å²) < 4.78 is 18.4. The number of hydrogen-bond donors (Lipinski definition) is 2. The Morgan fingerprint density at radius 3 is 2.94 bits per heavy atom. The number of benzene rings is 1. The minimum absolute atomic E-state index is 0.232. The standard InChI is InChI=1S/C12H14FN3O/c1-14-6-9-7-15-12(16-9)8-3-4-11(17-2)10(13)5-8/h3-5,7,14H,6H2,1-2H3,(H,15,16). The van der Waals surface area contributed by atoms with Crippen LogP contribution < -0.4 is 10.1 Å². The number of imidazole rings is 1. The van der Waals surface area contributed by atoms with Crippen LogP contribution in [0.3, 0.4) is 0 Å². The Bertz CT molecular complexity index is 510. The van der Waals surface area contributed by atoms with Crippen LogP contribution in [0.15, 0.2) is 24.4 Å². The zero-order valence-corrected chi connectivity index (χ0v) is 9.75. The average Bonchev–Trinajstić information content (AvgIpc) is 2.78. The Morgan fingerprint density at radius 2 is 2.29 bits per heavy atom. The summed E-state index contributed by atoms with van der Waals surface area (Å²) in [4.78, 5) is 7.31. The Labute approximate surface area is 98.8 Å². The first-order chi connectivity index (χ1) is 8.24. The summed E-state index contributed by atoms with van der Waals surface area (Å²) >= 11 is 0. The van der Waals surface area contributed by atoms with E-state index in [9.17, 15) is 4.39 Å². The minimum Gasteiger partial charge on any atom is -0.494 e. The van der Waals surface area contributed by atoms with E-state index in [-0.39, 0.29) is 5.75 Å². The number of nitrogens with one attached hydrogen (secondary N) is 2. The van der Waals surface area contributed by atoms with Gasteiger partial charge in [0, 0.05) is 24.0 Å². The van der Waals surface area contributed by atoms with Crippen molar-refractivity contribution in [1.82, 2.24) is 15.3 Å². The fourth-order valence-electron chi connectivity index (χ4n) is 1.60. The number of ether oxygens (including phenoxy) is 1. The highest BCUT2D eigenvalue weighted by Crippen LogP contribution is 2.23. The third-order valence-corrected chi connectivity index (χ3v) is 2.42. The normalized spacial score (nSPS) is 10.5. The van der Waals surface area contributed by atoms with Crippen LogP contribution in [-0.2, 0) is 6.54 Å². The van der Waals surface area contributed by atoms with Crippen molar-refractivity contribution in [2.75, 3.05) is 14.2 Å². The molecule has 5 heteroatoms. The lowest BCUT2D eigenvalue weighted by atomic mass is 10.2. The first kappa shape index (κ1) is 11.6. The molecule has 0 radical (unpaired) electrons. The molecule has 0 atom stereocenters. The number of halogens is 1. The molecule has 1 aromatic heterocycles. The molecule has 0 spiro atoms. The van der Waals surface area contributed by atoms with Gasteiger partial charge in [-0.05, 0) is 25.2 Å². The molecule has 0 fully saturated rings. The van der Waals surface area contributed by atoms with Crippen molar-refractivity contribution < 1.29 is 9.13 Å². The van der Waals surface area contributed by atoms with Crippen molar-refractivity contribution in [2.45, 2.75) is 6.54 Å². The molecule has 1 heterocycles. The van der Waals surface area contributed by atoms with Crippen LogP contribution in [0.1, 0.15) is 5.69 Å². The minimum atomic E-state index is -0.392. The number of nitrogens with zero attached hydrogens (tertiary/aromatic N) is 1. The van der Waals surface area contributed by atoms with Crippen LogP contribution >= 0.6 is 0 Å². The highest BCUT2D eigenvalue weighted by molar-refractivity contribution is 5.57. The van der Waals surface area contributed by atoms with Crippen molar-refractivity contribution >= 4 is 0 Å². The maximum atomic E-state index is 13.5. The second-order valence-corrected chi connectivity index (χ2v) is 3.64. The zero-order chi connectivity index (χ0) is 12.3. The first-order valence-corrected chi connectivity index (χ1v) is 5.27. The van der Waals surface area contributed by atoms with Gasteiger partial charge < -0.3 is 15.0 Å². The molecule has 0 unspecified atom stereocenters. The van der Waals surface area contributed by atoms with Crippen molar-refractivity contribution in [3.8, 4) is 17.1 Å². The maximum Gasteiger partial charge on any atom is 0.165 e. The van der Waals surface area contributed by atoms with E-state index in [0.29, 0.717) is 17.9 Å². The number of methoxy groups -OCH3 is 1. The van der Waals surface area contributed by atoms with Crippen LogP contribution in [0.5, 0.6) is 5.75 Å². The van der Waals surface area contributed by atoms with Crippen LogP contribution in [-0.4, -0.2) is 24.1 Å². The van der Waals surface area contributed by atoms with Crippen molar-refractivity contribution in [3.05, 3.63) is 35.9 Å². The predicted octanol–water partition coefficient (Wildman–Crippen LogP) is 1.94. The second-order valence-electron chi connectivity index (χ2n) is 3.64. The summed E-state index contributed by atoms with van der Waals surface area (Å²) in [6.45, 7) is 0.700. The molecule has 4 nitrogen and oxygen atoms in total. The van der Waals surface area contributed by atoms with Crippen LogP contribution in [0.4, 0.5) is 4.39 Å². The van der Waals surface area contributed by atoms with E-state index < -0.39 is 5.82 Å². The topological polar surface area (TPSA) is 49.9 Å². The molecule has 1 aromatic carbocycles. The van der Waals surface area contributed by atoms with Gasteiger partial charge in [-0.1, -0.05) is 0 Å². The van der Waals surface area contributed by atoms with E-state index in [4.69, 9.17) is 4.74 Å². The van der Waals surface area contributed by atoms with Crippen LogP contribution in [0.2, 0.25) is 0 Å². The molecule has 0 aliphatic rings. The van der Waals surface area contributed by atoms with Gasteiger partial charge in [0.2, 0.25) is 0 Å². The Kier molecular flexibility index (Phi) is 3.39. The van der Waals surface area contributed by atoms with Gasteiger partial charge in [0.25, 0.3) is 0 Å². The molecule has 0 amide bonds. The third-order valence-electron chi connectivity index (χ3n) is 2.42. The second kappa shape index (κ2) is 4.97. The Hall–Kier alpha value is -1.88. The summed E-state index contributed by atoms with van der Waals surface area (Å²) in [6.07, 6.45) is 1.73. The van der Waals surface area contributed by atoms with Gasteiger partial charge in [0.05, 0.1) is 7.11 Å². The van der Waals surface area contributed by atoms with Gasteiger partial charge >= 0.3 is 0 Å². The summed E-state index contributed by atoms with van der Waals surface area (Å²) in [5.74, 6) is 0.490. The zero-order valence-electron chi connectivity index (χ0n) is 9.75. The molecule has 0 aliphatic heterocycles. The van der Waals surface area contributed by atoms with Gasteiger partial charge in [-0.15, -0.1) is 0 Å². The van der Waals surface area contributed by atoms with Gasteiger partial charge in [-0.25, -0.2) is 9.37 Å². The number of rotatable bonds is 4. The lowest BCUT2D eigenvalue weighted by molar-refractivity contribution is 0.386. The molecule has 0 bridgehead atoms. The Morgan fingerprint density at radius 1 is 1.47 bits per heavy atom. The quantitative estimate of drug-likeness (QED) is 0.851. The highest BCUT2D eigenvalue weighted by Gasteiger charge is 2.07. The highest BCUT2D eigenvalue weighted by atomic mass is 19.1. The molecular formula is C12H14FN3O. The molecule has 0 saturated heterocycles. The summed E-state index contributed by atoms with van der Waals surface area (Å²) in [7, 11) is 3.30. The molecule has 2 N–H and O–H groups in total. The lowest BCUT2D eigenvalue weighted by Crippen LogP contribution is -2.04. The first-order valence-electron chi connectivity index (χ1n) is 5.27. The average molecular weight is 235 g/mol. The van der Waals surface area contributed by atoms with Gasteiger partial charge in [0.1, 0.15) is 5.82 Å². The molecule has 0 saturated carbocycles. The number of H-pyrrole nitrogens is 1. The Balaban J connectivity index is 2.29. The lowest BCUT2D eigenvalue weighted by Gasteiger charge is -2.03. The van der Waals surface area contributed by atoms with Gasteiger partial charge in [-0.2, -0.15) is 0 Å². The smallest absolute Gasteiger partial charge is 0.165 e. The fraction of sp³-hybridized carbons (Fsp3) is 0.250. The van der Waals surface area contributed by atoms with E-state index in [1.807, 2.05) is 7.05 Å². The molecular weight excluding hydrogens is 221 g/mol. The van der Waals surface area contributed by atoms with E-state index in [1.54, 1.807) is 18.3 Å². The molecule has 2 rings (SSSR count). The van der Waals surface area contributed by atoms with E-state index in [0.717, 1.165) is 5.69 Å². The fourth-order valence-corrected chi connectivity index (χ4v) is 1.60. The largest absolute Gasteiger partial charge is 0.494 e. The molecule has 17 heavy (non-hydrogen) atoms. The molecule has 0 aliphatic carbocycles. The van der Waals surface area contributed by atoms with Gasteiger partial charge in [-0.3, -0.25) is 0 Å². The van der Waals surface area contributed by atoms with Crippen LogP contribution in [0.25, 0.3) is 11.4 Å². The van der Waals surface area contributed by atoms with Crippen LogP contribution in [0, 0.1) is 5.82 Å². The number of aromatic amines is 1. The third kappa shape index (κ3) is 2.45. The number of hydrogen-bond acceptors (Lipinski definition) is 3. The number of aromatic nitrogens is 2. The van der Waals surface area contributed by atoms with E-state index in [2.05, 4.69) is 15.3 Å². The van der Waals surface area contributed by atoms with Gasteiger partial charge in [0.15, 0.2) is 11.6 Å². The summed E-state index contributed by atoms with van der Waals surface area (Å²) in [5, 5.41) is 3.01. The predicted molar refractivity (Wildman–Crippen MR) is 63.3 cm³/mol.